The number of carbonyl (C=O) groups is 1. The van der Waals surface area contributed by atoms with Crippen molar-refractivity contribution in [3.8, 4) is 0 Å². The molecule has 1 aliphatic rings. The van der Waals surface area contributed by atoms with Gasteiger partial charge in [-0.1, -0.05) is 32.8 Å². The number of aliphatic hydroxyl groups excluding tert-OH is 1. The van der Waals surface area contributed by atoms with Crippen molar-refractivity contribution in [3.05, 3.63) is 29.3 Å². The summed E-state index contributed by atoms with van der Waals surface area (Å²) in [6, 6.07) is 5.99. The smallest absolute Gasteiger partial charge is 0.251 e. The van der Waals surface area contributed by atoms with E-state index in [1.54, 1.807) is 0 Å². The lowest BCUT2D eigenvalue weighted by atomic mass is 9.92. The number of aliphatic hydroxyl groups is 1. The van der Waals surface area contributed by atoms with Gasteiger partial charge in [-0.25, -0.2) is 0 Å². The Labute approximate surface area is 139 Å². The second kappa shape index (κ2) is 7.82. The van der Waals surface area contributed by atoms with Crippen molar-refractivity contribution < 1.29 is 9.90 Å². The maximum atomic E-state index is 12.6. The minimum Gasteiger partial charge on any atom is -0.391 e. The van der Waals surface area contributed by atoms with Crippen LogP contribution >= 0.6 is 0 Å². The van der Waals surface area contributed by atoms with Gasteiger partial charge < -0.3 is 15.7 Å². The molecule has 0 bridgehead atoms. The van der Waals surface area contributed by atoms with Gasteiger partial charge in [-0.2, -0.15) is 0 Å². The number of hydrogen-bond acceptors (Lipinski definition) is 3. The van der Waals surface area contributed by atoms with Gasteiger partial charge in [0.05, 0.1) is 12.1 Å². The molecule has 0 aromatic heterocycles. The molecule has 1 aromatic rings. The van der Waals surface area contributed by atoms with Crippen LogP contribution < -0.4 is 10.6 Å². The maximum Gasteiger partial charge on any atom is 0.251 e. The number of carbonyl (C=O) groups excluding carboxylic acids is 1. The van der Waals surface area contributed by atoms with E-state index in [1.807, 2.05) is 25.1 Å². The van der Waals surface area contributed by atoms with Gasteiger partial charge in [-0.15, -0.1) is 0 Å². The molecule has 3 N–H and O–H groups in total. The summed E-state index contributed by atoms with van der Waals surface area (Å²) in [5.41, 5.74) is 2.65. The molecule has 0 saturated heterocycles. The highest BCUT2D eigenvalue weighted by molar-refractivity contribution is 5.97. The van der Waals surface area contributed by atoms with Gasteiger partial charge in [0.1, 0.15) is 0 Å². The van der Waals surface area contributed by atoms with Crippen LogP contribution in [0.3, 0.4) is 0 Å². The molecular weight excluding hydrogens is 288 g/mol. The number of benzene rings is 1. The third kappa shape index (κ3) is 4.47. The minimum absolute atomic E-state index is 0.0886. The highest BCUT2D eigenvalue weighted by Gasteiger charge is 2.25. The summed E-state index contributed by atoms with van der Waals surface area (Å²) < 4.78 is 0. The normalized spacial score (nSPS) is 22.7. The van der Waals surface area contributed by atoms with Crippen LogP contribution in [0.25, 0.3) is 0 Å². The van der Waals surface area contributed by atoms with Crippen LogP contribution in [0.1, 0.15) is 62.4 Å². The summed E-state index contributed by atoms with van der Waals surface area (Å²) in [4.78, 5) is 12.6. The molecule has 1 saturated carbocycles. The Kier molecular flexibility index (Phi) is 6.05. The Hall–Kier alpha value is -1.55. The molecule has 4 heteroatoms. The van der Waals surface area contributed by atoms with Crippen molar-refractivity contribution in [3.63, 3.8) is 0 Å². The first-order valence-electron chi connectivity index (χ1n) is 8.75. The van der Waals surface area contributed by atoms with E-state index in [1.165, 1.54) is 0 Å². The Balaban J connectivity index is 2.11. The molecule has 128 valence electrons. The van der Waals surface area contributed by atoms with E-state index in [9.17, 15) is 9.90 Å². The summed E-state index contributed by atoms with van der Waals surface area (Å²) in [5.74, 6) is 0.429. The number of anilines is 1. The molecule has 1 amide bonds. The topological polar surface area (TPSA) is 61.4 Å². The van der Waals surface area contributed by atoms with Crippen LogP contribution in [0.5, 0.6) is 0 Å². The molecule has 3 atom stereocenters. The van der Waals surface area contributed by atoms with Crippen LogP contribution in [0, 0.1) is 12.8 Å². The summed E-state index contributed by atoms with van der Waals surface area (Å²) >= 11 is 0. The van der Waals surface area contributed by atoms with Crippen molar-refractivity contribution in [2.24, 2.45) is 5.92 Å². The maximum absolute atomic E-state index is 12.6. The van der Waals surface area contributed by atoms with Crippen molar-refractivity contribution in [2.45, 2.75) is 71.6 Å². The lowest BCUT2D eigenvalue weighted by molar-refractivity contribution is 0.0717. The first-order valence-corrected chi connectivity index (χ1v) is 8.75. The Morgan fingerprint density at radius 1 is 1.22 bits per heavy atom. The fraction of sp³-hybridized carbons (Fsp3) is 0.632. The quantitative estimate of drug-likeness (QED) is 0.779. The number of nitrogens with one attached hydrogen (secondary N) is 2. The van der Waals surface area contributed by atoms with E-state index in [4.69, 9.17) is 0 Å². The van der Waals surface area contributed by atoms with E-state index < -0.39 is 6.10 Å². The molecule has 0 radical (unpaired) electrons. The highest BCUT2D eigenvalue weighted by Crippen LogP contribution is 2.23. The van der Waals surface area contributed by atoms with Gasteiger partial charge in [0.15, 0.2) is 0 Å². The average molecular weight is 318 g/mol. The molecule has 1 aliphatic carbocycles. The third-order valence-corrected chi connectivity index (χ3v) is 5.01. The fourth-order valence-corrected chi connectivity index (χ4v) is 2.98. The van der Waals surface area contributed by atoms with Crippen LogP contribution in [0.15, 0.2) is 18.2 Å². The van der Waals surface area contributed by atoms with E-state index in [2.05, 4.69) is 31.4 Å². The summed E-state index contributed by atoms with van der Waals surface area (Å²) in [6.45, 7) is 8.47. The standard InChI is InChI=1S/C19H30N2O2/c1-12(2)14(4)20-16-10-7-8-15(13(16)3)19(23)21-17-9-5-6-11-18(17)22/h7-8,10,12,14,17-18,20,22H,5-6,9,11H2,1-4H3,(H,21,23). The van der Waals surface area contributed by atoms with Crippen LogP contribution in [0.2, 0.25) is 0 Å². The van der Waals surface area contributed by atoms with Crippen LogP contribution in [-0.4, -0.2) is 29.2 Å². The molecule has 1 fully saturated rings. The summed E-state index contributed by atoms with van der Waals surface area (Å²) in [6.07, 6.45) is 3.31. The number of hydrogen-bond donors (Lipinski definition) is 3. The summed E-state index contributed by atoms with van der Waals surface area (Å²) in [7, 11) is 0. The predicted octanol–water partition coefficient (Wildman–Crippen LogP) is 3.48. The third-order valence-electron chi connectivity index (χ3n) is 5.01. The molecule has 23 heavy (non-hydrogen) atoms. The van der Waals surface area contributed by atoms with Crippen LogP contribution in [0.4, 0.5) is 5.69 Å². The molecule has 0 spiro atoms. The number of rotatable bonds is 5. The Morgan fingerprint density at radius 2 is 1.91 bits per heavy atom. The van der Waals surface area contributed by atoms with Crippen LogP contribution in [-0.2, 0) is 0 Å². The monoisotopic (exact) mass is 318 g/mol. The zero-order valence-corrected chi connectivity index (χ0v) is 14.7. The van der Waals surface area contributed by atoms with E-state index in [-0.39, 0.29) is 11.9 Å². The van der Waals surface area contributed by atoms with Crippen molar-refractivity contribution in [2.75, 3.05) is 5.32 Å². The predicted molar refractivity (Wildman–Crippen MR) is 94.8 cm³/mol. The van der Waals surface area contributed by atoms with Gasteiger partial charge in [-0.05, 0) is 50.3 Å². The second-order valence-corrected chi connectivity index (χ2v) is 7.09. The summed E-state index contributed by atoms with van der Waals surface area (Å²) in [5, 5.41) is 16.5. The SMILES string of the molecule is Cc1c(NC(C)C(C)C)cccc1C(=O)NC1CCCCC1O. The molecule has 3 unspecified atom stereocenters. The second-order valence-electron chi connectivity index (χ2n) is 7.09. The highest BCUT2D eigenvalue weighted by atomic mass is 16.3. The van der Waals surface area contributed by atoms with Gasteiger partial charge in [-0.3, -0.25) is 4.79 Å². The molecule has 0 heterocycles. The number of amides is 1. The van der Waals surface area contributed by atoms with Gasteiger partial charge >= 0.3 is 0 Å². The molecular formula is C19H30N2O2. The first-order chi connectivity index (χ1) is 10.9. The average Bonchev–Trinajstić information content (AvgIpc) is 2.51. The zero-order chi connectivity index (χ0) is 17.0. The fourth-order valence-electron chi connectivity index (χ4n) is 2.98. The Bertz CT molecular complexity index is 542. The molecule has 4 nitrogen and oxygen atoms in total. The first kappa shape index (κ1) is 17.8. The lowest BCUT2D eigenvalue weighted by Crippen LogP contribution is -2.45. The van der Waals surface area contributed by atoms with E-state index >= 15 is 0 Å². The van der Waals surface area contributed by atoms with E-state index in [0.29, 0.717) is 17.5 Å². The van der Waals surface area contributed by atoms with Crippen molar-refractivity contribution in [1.29, 1.82) is 0 Å². The van der Waals surface area contributed by atoms with Crippen molar-refractivity contribution in [1.82, 2.24) is 5.32 Å². The van der Waals surface area contributed by atoms with Gasteiger partial charge in [0, 0.05) is 17.3 Å². The van der Waals surface area contributed by atoms with E-state index in [0.717, 1.165) is 36.9 Å². The largest absolute Gasteiger partial charge is 0.391 e. The van der Waals surface area contributed by atoms with Gasteiger partial charge in [0.2, 0.25) is 0 Å². The minimum atomic E-state index is -0.421. The molecule has 0 aliphatic heterocycles. The zero-order valence-electron chi connectivity index (χ0n) is 14.7. The lowest BCUT2D eigenvalue weighted by Gasteiger charge is -2.28. The Morgan fingerprint density at radius 3 is 2.57 bits per heavy atom. The molecule has 1 aromatic carbocycles. The van der Waals surface area contributed by atoms with Crippen molar-refractivity contribution >= 4 is 11.6 Å². The van der Waals surface area contributed by atoms with Gasteiger partial charge in [0.25, 0.3) is 5.91 Å². The molecule has 2 rings (SSSR count).